The van der Waals surface area contributed by atoms with Crippen LogP contribution in [0, 0.1) is 20.8 Å². The first-order valence-corrected chi connectivity index (χ1v) is 6.64. The van der Waals surface area contributed by atoms with Gasteiger partial charge >= 0.3 is 0 Å². The predicted molar refractivity (Wildman–Crippen MR) is 77.8 cm³/mol. The number of pyridine rings is 1. The SMILES string of the molecule is CCNc1nc2cc(C)c(Br)c(C)c2cc1C. The number of aromatic nitrogens is 1. The minimum Gasteiger partial charge on any atom is -0.370 e. The molecular formula is C14H17BrN2. The summed E-state index contributed by atoms with van der Waals surface area (Å²) in [6, 6.07) is 4.34. The standard InChI is InChI=1S/C14H17BrN2/c1-5-16-14-9(3)6-11-10(4)13(15)8(2)7-12(11)17-14/h6-7H,5H2,1-4H3,(H,16,17). The Bertz CT molecular complexity index is 576. The van der Waals surface area contributed by atoms with Gasteiger partial charge in [-0.2, -0.15) is 0 Å². The second-order valence-corrected chi connectivity index (χ2v) is 5.18. The molecule has 0 aliphatic heterocycles. The van der Waals surface area contributed by atoms with Crippen molar-refractivity contribution in [3.05, 3.63) is 33.3 Å². The van der Waals surface area contributed by atoms with Crippen LogP contribution in [0.2, 0.25) is 0 Å². The van der Waals surface area contributed by atoms with E-state index in [4.69, 9.17) is 4.98 Å². The average Bonchev–Trinajstić information content (AvgIpc) is 2.29. The summed E-state index contributed by atoms with van der Waals surface area (Å²) >= 11 is 3.63. The van der Waals surface area contributed by atoms with Crippen LogP contribution in [0.4, 0.5) is 5.82 Å². The molecule has 0 bridgehead atoms. The third kappa shape index (κ3) is 2.16. The van der Waals surface area contributed by atoms with Crippen LogP contribution in [0.1, 0.15) is 23.6 Å². The summed E-state index contributed by atoms with van der Waals surface area (Å²) in [5.74, 6) is 0.987. The number of aryl methyl sites for hydroxylation is 3. The van der Waals surface area contributed by atoms with Gasteiger partial charge in [-0.15, -0.1) is 0 Å². The number of rotatable bonds is 2. The van der Waals surface area contributed by atoms with Crippen molar-refractivity contribution >= 4 is 32.7 Å². The summed E-state index contributed by atoms with van der Waals surface area (Å²) in [4.78, 5) is 4.70. The molecule has 2 nitrogen and oxygen atoms in total. The Labute approximate surface area is 111 Å². The molecule has 0 saturated heterocycles. The molecule has 2 rings (SSSR count). The summed E-state index contributed by atoms with van der Waals surface area (Å²) in [5.41, 5.74) is 4.75. The van der Waals surface area contributed by atoms with Gasteiger partial charge in [-0.1, -0.05) is 15.9 Å². The topological polar surface area (TPSA) is 24.9 Å². The normalized spacial score (nSPS) is 10.9. The zero-order valence-electron chi connectivity index (χ0n) is 10.7. The van der Waals surface area contributed by atoms with Crippen molar-refractivity contribution in [1.29, 1.82) is 0 Å². The second kappa shape index (κ2) is 4.65. The number of halogens is 1. The lowest BCUT2D eigenvalue weighted by molar-refractivity contribution is 1.15. The number of nitrogens with one attached hydrogen (secondary N) is 1. The second-order valence-electron chi connectivity index (χ2n) is 4.38. The summed E-state index contributed by atoms with van der Waals surface area (Å²) in [7, 11) is 0. The van der Waals surface area contributed by atoms with E-state index in [1.165, 1.54) is 26.5 Å². The number of benzene rings is 1. The van der Waals surface area contributed by atoms with E-state index in [-0.39, 0.29) is 0 Å². The molecule has 3 heteroatoms. The van der Waals surface area contributed by atoms with Crippen LogP contribution < -0.4 is 5.32 Å². The molecule has 1 aromatic heterocycles. The van der Waals surface area contributed by atoms with E-state index in [2.05, 4.69) is 61.1 Å². The number of anilines is 1. The molecule has 0 atom stereocenters. The highest BCUT2D eigenvalue weighted by atomic mass is 79.9. The van der Waals surface area contributed by atoms with E-state index in [1.807, 2.05) is 0 Å². The Morgan fingerprint density at radius 2 is 1.88 bits per heavy atom. The first-order chi connectivity index (χ1) is 8.04. The molecule has 0 unspecified atom stereocenters. The van der Waals surface area contributed by atoms with Gasteiger partial charge in [0.25, 0.3) is 0 Å². The van der Waals surface area contributed by atoms with Crippen LogP contribution in [0.25, 0.3) is 10.9 Å². The van der Waals surface area contributed by atoms with Crippen LogP contribution >= 0.6 is 15.9 Å². The highest BCUT2D eigenvalue weighted by Gasteiger charge is 2.09. The Morgan fingerprint density at radius 3 is 2.53 bits per heavy atom. The van der Waals surface area contributed by atoms with Crippen molar-refractivity contribution in [2.45, 2.75) is 27.7 Å². The van der Waals surface area contributed by atoms with Gasteiger partial charge in [0.05, 0.1) is 5.52 Å². The van der Waals surface area contributed by atoms with Crippen molar-refractivity contribution in [3.8, 4) is 0 Å². The minimum absolute atomic E-state index is 0.897. The van der Waals surface area contributed by atoms with Crippen LogP contribution in [0.15, 0.2) is 16.6 Å². The number of hydrogen-bond acceptors (Lipinski definition) is 2. The molecule has 0 amide bonds. The van der Waals surface area contributed by atoms with Gasteiger partial charge in [0, 0.05) is 16.4 Å². The lowest BCUT2D eigenvalue weighted by Gasteiger charge is -2.12. The van der Waals surface area contributed by atoms with E-state index in [9.17, 15) is 0 Å². The van der Waals surface area contributed by atoms with E-state index < -0.39 is 0 Å². The van der Waals surface area contributed by atoms with Crippen LogP contribution in [0.3, 0.4) is 0 Å². The lowest BCUT2D eigenvalue weighted by Crippen LogP contribution is -2.02. The quantitative estimate of drug-likeness (QED) is 0.890. The minimum atomic E-state index is 0.897. The van der Waals surface area contributed by atoms with E-state index in [0.717, 1.165) is 17.9 Å². The maximum absolute atomic E-state index is 4.70. The summed E-state index contributed by atoms with van der Waals surface area (Å²) < 4.78 is 1.18. The van der Waals surface area contributed by atoms with Crippen molar-refractivity contribution < 1.29 is 0 Å². The molecular weight excluding hydrogens is 276 g/mol. The van der Waals surface area contributed by atoms with Gasteiger partial charge in [-0.25, -0.2) is 4.98 Å². The molecule has 0 fully saturated rings. The molecule has 0 aliphatic rings. The van der Waals surface area contributed by atoms with Crippen LogP contribution in [-0.2, 0) is 0 Å². The zero-order chi connectivity index (χ0) is 12.6. The van der Waals surface area contributed by atoms with Gasteiger partial charge in [-0.05, 0) is 56.5 Å². The third-order valence-corrected chi connectivity index (χ3v) is 4.24. The van der Waals surface area contributed by atoms with Gasteiger partial charge in [0.1, 0.15) is 5.82 Å². The van der Waals surface area contributed by atoms with Crippen LogP contribution in [-0.4, -0.2) is 11.5 Å². The first-order valence-electron chi connectivity index (χ1n) is 5.85. The molecule has 17 heavy (non-hydrogen) atoms. The molecule has 1 aromatic carbocycles. The fraction of sp³-hybridized carbons (Fsp3) is 0.357. The molecule has 0 saturated carbocycles. The highest BCUT2D eigenvalue weighted by molar-refractivity contribution is 9.10. The predicted octanol–water partition coefficient (Wildman–Crippen LogP) is 4.35. The molecule has 0 spiro atoms. The summed E-state index contributed by atoms with van der Waals surface area (Å²) in [6.45, 7) is 9.31. The largest absolute Gasteiger partial charge is 0.370 e. The van der Waals surface area contributed by atoms with Gasteiger partial charge in [0.2, 0.25) is 0 Å². The fourth-order valence-corrected chi connectivity index (χ4v) is 2.39. The molecule has 2 aromatic rings. The molecule has 1 heterocycles. The van der Waals surface area contributed by atoms with Crippen molar-refractivity contribution in [1.82, 2.24) is 4.98 Å². The Kier molecular flexibility index (Phi) is 3.38. The van der Waals surface area contributed by atoms with Gasteiger partial charge in [0.15, 0.2) is 0 Å². The molecule has 0 aliphatic carbocycles. The Hall–Kier alpha value is -1.09. The first kappa shape index (κ1) is 12.4. The fourth-order valence-electron chi connectivity index (χ4n) is 2.07. The van der Waals surface area contributed by atoms with Crippen molar-refractivity contribution in [3.63, 3.8) is 0 Å². The molecule has 90 valence electrons. The smallest absolute Gasteiger partial charge is 0.129 e. The van der Waals surface area contributed by atoms with Crippen LogP contribution in [0.5, 0.6) is 0 Å². The van der Waals surface area contributed by atoms with Gasteiger partial charge in [-0.3, -0.25) is 0 Å². The monoisotopic (exact) mass is 292 g/mol. The number of fused-ring (bicyclic) bond motifs is 1. The third-order valence-electron chi connectivity index (χ3n) is 3.02. The molecule has 1 N–H and O–H groups in total. The number of hydrogen-bond donors (Lipinski definition) is 1. The maximum atomic E-state index is 4.70. The number of nitrogens with zero attached hydrogens (tertiary/aromatic N) is 1. The summed E-state index contributed by atoms with van der Waals surface area (Å²) in [5, 5.41) is 4.52. The Balaban J connectivity index is 2.74. The molecule has 0 radical (unpaired) electrons. The van der Waals surface area contributed by atoms with Crippen molar-refractivity contribution in [2.24, 2.45) is 0 Å². The van der Waals surface area contributed by atoms with Crippen molar-refractivity contribution in [2.75, 3.05) is 11.9 Å². The van der Waals surface area contributed by atoms with E-state index in [0.29, 0.717) is 0 Å². The summed E-state index contributed by atoms with van der Waals surface area (Å²) in [6.07, 6.45) is 0. The lowest BCUT2D eigenvalue weighted by atomic mass is 10.0. The Morgan fingerprint density at radius 1 is 1.18 bits per heavy atom. The van der Waals surface area contributed by atoms with Gasteiger partial charge < -0.3 is 5.32 Å². The average molecular weight is 293 g/mol. The zero-order valence-corrected chi connectivity index (χ0v) is 12.3. The van der Waals surface area contributed by atoms with E-state index >= 15 is 0 Å². The highest BCUT2D eigenvalue weighted by Crippen LogP contribution is 2.30. The van der Waals surface area contributed by atoms with E-state index in [1.54, 1.807) is 0 Å². The maximum Gasteiger partial charge on any atom is 0.129 e.